The number of nitrogens with one attached hydrogen (secondary N) is 1. The SMILES string of the molecule is N#CC1(NC(=O)N2CCCCC2)CCCC1. The highest BCUT2D eigenvalue weighted by atomic mass is 16.2. The Bertz CT molecular complexity index is 296. The zero-order valence-electron chi connectivity index (χ0n) is 9.67. The molecule has 1 heterocycles. The van der Waals surface area contributed by atoms with Crippen LogP contribution in [-0.4, -0.2) is 29.6 Å². The number of rotatable bonds is 1. The molecule has 4 heteroatoms. The summed E-state index contributed by atoms with van der Waals surface area (Å²) < 4.78 is 0. The number of likely N-dealkylation sites (tertiary alicyclic amines) is 1. The lowest BCUT2D eigenvalue weighted by atomic mass is 10.0. The van der Waals surface area contributed by atoms with Crippen LogP contribution in [0.2, 0.25) is 0 Å². The smallest absolute Gasteiger partial charge is 0.318 e. The van der Waals surface area contributed by atoms with E-state index in [0.29, 0.717) is 0 Å². The van der Waals surface area contributed by atoms with Crippen molar-refractivity contribution in [2.45, 2.75) is 50.5 Å². The fraction of sp³-hybridized carbons (Fsp3) is 0.833. The Hall–Kier alpha value is -1.24. The monoisotopic (exact) mass is 221 g/mol. The summed E-state index contributed by atoms with van der Waals surface area (Å²) >= 11 is 0. The summed E-state index contributed by atoms with van der Waals surface area (Å²) in [5, 5.41) is 12.1. The summed E-state index contributed by atoms with van der Waals surface area (Å²) in [6.45, 7) is 1.68. The summed E-state index contributed by atoms with van der Waals surface area (Å²) in [7, 11) is 0. The molecule has 2 fully saturated rings. The Morgan fingerprint density at radius 3 is 2.31 bits per heavy atom. The molecule has 1 N–H and O–H groups in total. The second-order valence-electron chi connectivity index (χ2n) is 4.88. The molecule has 0 aromatic heterocycles. The standard InChI is InChI=1S/C12H19N3O/c13-10-12(6-2-3-7-12)14-11(16)15-8-4-1-5-9-15/h1-9H2,(H,14,16). The molecule has 1 aliphatic carbocycles. The second-order valence-corrected chi connectivity index (χ2v) is 4.88. The Morgan fingerprint density at radius 2 is 1.75 bits per heavy atom. The molecule has 2 rings (SSSR count). The topological polar surface area (TPSA) is 56.1 Å². The van der Waals surface area contributed by atoms with Crippen molar-refractivity contribution in [2.75, 3.05) is 13.1 Å². The molecular weight excluding hydrogens is 202 g/mol. The maximum Gasteiger partial charge on any atom is 0.318 e. The molecule has 4 nitrogen and oxygen atoms in total. The van der Waals surface area contributed by atoms with E-state index in [1.807, 2.05) is 4.90 Å². The number of hydrogen-bond donors (Lipinski definition) is 1. The first-order chi connectivity index (χ1) is 7.76. The molecule has 0 spiro atoms. The molecule has 2 aliphatic rings. The summed E-state index contributed by atoms with van der Waals surface area (Å²) in [4.78, 5) is 13.8. The highest BCUT2D eigenvalue weighted by molar-refractivity contribution is 5.75. The lowest BCUT2D eigenvalue weighted by Crippen LogP contribution is -2.52. The van der Waals surface area contributed by atoms with E-state index in [1.54, 1.807) is 0 Å². The van der Waals surface area contributed by atoms with Gasteiger partial charge in [-0.05, 0) is 44.9 Å². The first-order valence-corrected chi connectivity index (χ1v) is 6.24. The fourth-order valence-corrected chi connectivity index (χ4v) is 2.62. The lowest BCUT2D eigenvalue weighted by Gasteiger charge is -2.31. The van der Waals surface area contributed by atoms with Gasteiger partial charge < -0.3 is 10.2 Å². The maximum atomic E-state index is 12.0. The molecule has 0 radical (unpaired) electrons. The second kappa shape index (κ2) is 4.73. The minimum atomic E-state index is -0.575. The molecule has 1 saturated heterocycles. The predicted molar refractivity (Wildman–Crippen MR) is 60.8 cm³/mol. The molecule has 0 aromatic rings. The van der Waals surface area contributed by atoms with E-state index in [1.165, 1.54) is 6.42 Å². The van der Waals surface area contributed by atoms with Crippen molar-refractivity contribution in [3.8, 4) is 6.07 Å². The first-order valence-electron chi connectivity index (χ1n) is 6.24. The van der Waals surface area contributed by atoms with Crippen molar-refractivity contribution in [3.05, 3.63) is 0 Å². The third kappa shape index (κ3) is 2.29. The van der Waals surface area contributed by atoms with Gasteiger partial charge in [-0.2, -0.15) is 5.26 Å². The summed E-state index contributed by atoms with van der Waals surface area (Å²) in [6, 6.07) is 2.25. The molecule has 1 aliphatic heterocycles. The molecule has 0 unspecified atom stereocenters. The largest absolute Gasteiger partial charge is 0.325 e. The summed E-state index contributed by atoms with van der Waals surface area (Å²) in [5.74, 6) is 0. The summed E-state index contributed by atoms with van der Waals surface area (Å²) in [6.07, 6.45) is 7.11. The lowest BCUT2D eigenvalue weighted by molar-refractivity contribution is 0.178. The quantitative estimate of drug-likeness (QED) is 0.736. The van der Waals surface area contributed by atoms with Crippen LogP contribution >= 0.6 is 0 Å². The van der Waals surface area contributed by atoms with Crippen LogP contribution in [0.4, 0.5) is 4.79 Å². The van der Waals surface area contributed by atoms with Gasteiger partial charge in [0.2, 0.25) is 0 Å². The third-order valence-electron chi connectivity index (χ3n) is 3.66. The van der Waals surface area contributed by atoms with Crippen molar-refractivity contribution in [3.63, 3.8) is 0 Å². The first kappa shape index (κ1) is 11.3. The Balaban J connectivity index is 1.92. The van der Waals surface area contributed by atoms with Gasteiger partial charge in [0.05, 0.1) is 6.07 Å². The van der Waals surface area contributed by atoms with Gasteiger partial charge in [-0.25, -0.2) is 4.79 Å². The fourth-order valence-electron chi connectivity index (χ4n) is 2.62. The van der Waals surface area contributed by atoms with Crippen LogP contribution in [0.1, 0.15) is 44.9 Å². The number of nitrogens with zero attached hydrogens (tertiary/aromatic N) is 2. The van der Waals surface area contributed by atoms with Gasteiger partial charge in [0.15, 0.2) is 0 Å². The van der Waals surface area contributed by atoms with E-state index in [4.69, 9.17) is 0 Å². The van der Waals surface area contributed by atoms with Gasteiger partial charge in [-0.3, -0.25) is 0 Å². The van der Waals surface area contributed by atoms with E-state index in [0.717, 1.165) is 51.6 Å². The van der Waals surface area contributed by atoms with Crippen LogP contribution in [-0.2, 0) is 0 Å². The number of nitriles is 1. The predicted octanol–water partition coefficient (Wildman–Crippen LogP) is 2.02. The van der Waals surface area contributed by atoms with E-state index in [2.05, 4.69) is 11.4 Å². The molecule has 0 bridgehead atoms. The van der Waals surface area contributed by atoms with Crippen LogP contribution in [0.5, 0.6) is 0 Å². The number of hydrogen-bond acceptors (Lipinski definition) is 2. The maximum absolute atomic E-state index is 12.0. The van der Waals surface area contributed by atoms with Gasteiger partial charge >= 0.3 is 6.03 Å². The third-order valence-corrected chi connectivity index (χ3v) is 3.66. The zero-order valence-corrected chi connectivity index (χ0v) is 9.67. The normalized spacial score (nSPS) is 23.8. The molecule has 88 valence electrons. The molecule has 16 heavy (non-hydrogen) atoms. The van der Waals surface area contributed by atoms with Crippen LogP contribution in [0.25, 0.3) is 0 Å². The number of carbonyl (C=O) groups is 1. The van der Waals surface area contributed by atoms with E-state index >= 15 is 0 Å². The van der Waals surface area contributed by atoms with Crippen molar-refractivity contribution in [1.29, 1.82) is 5.26 Å². The Kier molecular flexibility index (Phi) is 3.33. The minimum Gasteiger partial charge on any atom is -0.325 e. The van der Waals surface area contributed by atoms with Gasteiger partial charge in [0.1, 0.15) is 5.54 Å². The highest BCUT2D eigenvalue weighted by Crippen LogP contribution is 2.29. The number of amides is 2. The van der Waals surface area contributed by atoms with Crippen molar-refractivity contribution in [2.24, 2.45) is 0 Å². The van der Waals surface area contributed by atoms with Crippen molar-refractivity contribution < 1.29 is 4.79 Å². The van der Waals surface area contributed by atoms with Crippen molar-refractivity contribution >= 4 is 6.03 Å². The van der Waals surface area contributed by atoms with Crippen molar-refractivity contribution in [1.82, 2.24) is 10.2 Å². The average molecular weight is 221 g/mol. The van der Waals surface area contributed by atoms with E-state index in [-0.39, 0.29) is 6.03 Å². The van der Waals surface area contributed by atoms with Crippen LogP contribution in [0.15, 0.2) is 0 Å². The van der Waals surface area contributed by atoms with Crippen LogP contribution < -0.4 is 5.32 Å². The minimum absolute atomic E-state index is 0.0387. The number of urea groups is 1. The molecule has 1 saturated carbocycles. The zero-order chi connectivity index (χ0) is 11.4. The Labute approximate surface area is 96.6 Å². The molecular formula is C12H19N3O. The van der Waals surface area contributed by atoms with Gasteiger partial charge in [-0.15, -0.1) is 0 Å². The van der Waals surface area contributed by atoms with Crippen LogP contribution in [0.3, 0.4) is 0 Å². The Morgan fingerprint density at radius 1 is 1.12 bits per heavy atom. The van der Waals surface area contributed by atoms with Gasteiger partial charge in [-0.1, -0.05) is 0 Å². The highest BCUT2D eigenvalue weighted by Gasteiger charge is 2.36. The average Bonchev–Trinajstić information content (AvgIpc) is 2.79. The molecule has 2 amide bonds. The van der Waals surface area contributed by atoms with Crippen LogP contribution in [0, 0.1) is 11.3 Å². The summed E-state index contributed by atoms with van der Waals surface area (Å²) in [5.41, 5.74) is -0.575. The van der Waals surface area contributed by atoms with Gasteiger partial charge in [0.25, 0.3) is 0 Å². The number of piperidine rings is 1. The van der Waals surface area contributed by atoms with Gasteiger partial charge in [0, 0.05) is 13.1 Å². The van der Waals surface area contributed by atoms with E-state index < -0.39 is 5.54 Å². The molecule has 0 atom stereocenters. The number of carbonyl (C=O) groups excluding carboxylic acids is 1. The van der Waals surface area contributed by atoms with E-state index in [9.17, 15) is 10.1 Å². The molecule has 0 aromatic carbocycles.